The van der Waals surface area contributed by atoms with Gasteiger partial charge in [0.1, 0.15) is 5.01 Å². The Morgan fingerprint density at radius 1 is 1.15 bits per heavy atom. The van der Waals surface area contributed by atoms with E-state index in [0.29, 0.717) is 13.0 Å². The molecule has 0 radical (unpaired) electrons. The van der Waals surface area contributed by atoms with Crippen LogP contribution in [0, 0.1) is 6.92 Å². The molecule has 2 fully saturated rings. The summed E-state index contributed by atoms with van der Waals surface area (Å²) in [5.41, 5.74) is 2.04. The van der Waals surface area contributed by atoms with Crippen molar-refractivity contribution >= 4 is 33.0 Å². The molecule has 2 aliphatic heterocycles. The van der Waals surface area contributed by atoms with Crippen LogP contribution in [0.2, 0.25) is 0 Å². The van der Waals surface area contributed by atoms with Crippen molar-refractivity contribution < 1.29 is 23.1 Å². The maximum Gasteiger partial charge on any atom is 0.254 e. The lowest BCUT2D eigenvalue weighted by molar-refractivity contribution is 0.0733. The van der Waals surface area contributed by atoms with E-state index in [9.17, 15) is 23.1 Å². The second-order valence-corrected chi connectivity index (χ2v) is 13.9. The number of thiazole rings is 1. The molecule has 0 saturated carbocycles. The number of aliphatic hydroxyl groups is 1. The quantitative estimate of drug-likeness (QED) is 0.346. The molecule has 3 heterocycles. The van der Waals surface area contributed by atoms with E-state index in [1.54, 1.807) is 4.90 Å². The molecule has 11 heteroatoms. The van der Waals surface area contributed by atoms with Gasteiger partial charge in [-0.15, -0.1) is 11.3 Å². The van der Waals surface area contributed by atoms with Crippen LogP contribution in [0.1, 0.15) is 68.7 Å². The van der Waals surface area contributed by atoms with E-state index in [0.717, 1.165) is 54.7 Å². The van der Waals surface area contributed by atoms with Crippen molar-refractivity contribution in [2.75, 3.05) is 19.3 Å². The minimum Gasteiger partial charge on any atom is -0.389 e. The van der Waals surface area contributed by atoms with Crippen LogP contribution in [-0.2, 0) is 16.3 Å². The molecular weight excluding hydrogens is 560 g/mol. The van der Waals surface area contributed by atoms with Gasteiger partial charge in [-0.25, -0.2) is 13.4 Å². The predicted octanol–water partition coefficient (Wildman–Crippen LogP) is 3.29. The number of nitrogens with zero attached hydrogens (tertiary/aromatic N) is 2. The van der Waals surface area contributed by atoms with Crippen LogP contribution in [0.5, 0.6) is 0 Å². The number of aromatic nitrogens is 1. The fourth-order valence-electron chi connectivity index (χ4n) is 5.69. The lowest BCUT2D eigenvalue weighted by atomic mass is 9.95. The van der Waals surface area contributed by atoms with Crippen molar-refractivity contribution in [3.05, 3.63) is 81.3 Å². The zero-order chi connectivity index (χ0) is 29.1. The Bertz CT molecular complexity index is 1500. The third-order valence-corrected chi connectivity index (χ3v) is 9.97. The van der Waals surface area contributed by atoms with Gasteiger partial charge in [-0.1, -0.05) is 30.3 Å². The number of carbonyl (C=O) groups is 2. The number of benzene rings is 2. The third-order valence-electron chi connectivity index (χ3n) is 7.82. The number of carbonyl (C=O) groups excluding carboxylic acids is 2. The van der Waals surface area contributed by atoms with E-state index < -0.39 is 27.9 Å². The van der Waals surface area contributed by atoms with E-state index in [1.807, 2.05) is 42.6 Å². The molecule has 2 aromatic carbocycles. The van der Waals surface area contributed by atoms with Gasteiger partial charge in [0, 0.05) is 41.0 Å². The Morgan fingerprint density at radius 2 is 1.90 bits per heavy atom. The van der Waals surface area contributed by atoms with Gasteiger partial charge in [-0.3, -0.25) is 9.59 Å². The molecule has 3 aromatic rings. The second-order valence-electron chi connectivity index (χ2n) is 11.0. The molecule has 2 saturated heterocycles. The van der Waals surface area contributed by atoms with Crippen molar-refractivity contribution in [3.8, 4) is 0 Å². The predicted molar refractivity (Wildman–Crippen MR) is 158 cm³/mol. The molecule has 0 bridgehead atoms. The molecular formula is C30H36N4O5S2. The Kier molecular flexibility index (Phi) is 8.88. The van der Waals surface area contributed by atoms with Crippen molar-refractivity contribution in [1.29, 1.82) is 0 Å². The standard InChI is InChI=1S/C30H36N4O5S2/c1-19-18-40-29(32-19)26-11-7-13-34(26)30(37)22-15-21(16-23(17-22)41(2,38)39)28(36)33-25(14-20-8-4-3-5-9-20)27(35)24-10-6-12-31-24/h3-5,8-9,15-18,24-27,31,35H,6-7,10-14H2,1-2H3,(H,33,36). The van der Waals surface area contributed by atoms with Crippen LogP contribution in [-0.4, -0.2) is 72.8 Å². The maximum atomic E-state index is 13.8. The Hall–Kier alpha value is -3.12. The maximum absolute atomic E-state index is 13.8. The number of rotatable bonds is 9. The van der Waals surface area contributed by atoms with Crippen molar-refractivity contribution in [1.82, 2.24) is 20.5 Å². The molecule has 9 nitrogen and oxygen atoms in total. The summed E-state index contributed by atoms with van der Waals surface area (Å²) in [6.07, 6.45) is 3.91. The van der Waals surface area contributed by atoms with Gasteiger partial charge in [0.2, 0.25) is 0 Å². The van der Waals surface area contributed by atoms with E-state index in [4.69, 9.17) is 0 Å². The van der Waals surface area contributed by atoms with E-state index >= 15 is 0 Å². The first kappa shape index (κ1) is 29.4. The molecule has 1 aromatic heterocycles. The summed E-state index contributed by atoms with van der Waals surface area (Å²) >= 11 is 1.51. The zero-order valence-corrected chi connectivity index (χ0v) is 24.9. The second kappa shape index (κ2) is 12.4. The van der Waals surface area contributed by atoms with Crippen molar-refractivity contribution in [2.24, 2.45) is 0 Å². The van der Waals surface area contributed by atoms with Crippen molar-refractivity contribution in [3.63, 3.8) is 0 Å². The summed E-state index contributed by atoms with van der Waals surface area (Å²) in [5.74, 6) is -0.882. The highest BCUT2D eigenvalue weighted by Gasteiger charge is 2.34. The Labute approximate surface area is 244 Å². The molecule has 4 atom stereocenters. The topological polar surface area (TPSA) is 129 Å². The van der Waals surface area contributed by atoms with Gasteiger partial charge < -0.3 is 20.6 Å². The molecule has 0 spiro atoms. The van der Waals surface area contributed by atoms with Crippen LogP contribution in [0.3, 0.4) is 0 Å². The van der Waals surface area contributed by atoms with Gasteiger partial charge in [0.05, 0.1) is 23.1 Å². The minimum atomic E-state index is -3.73. The molecule has 5 rings (SSSR count). The average molecular weight is 597 g/mol. The van der Waals surface area contributed by atoms with E-state index in [-0.39, 0.29) is 34.0 Å². The van der Waals surface area contributed by atoms with Gasteiger partial charge in [-0.2, -0.15) is 0 Å². The summed E-state index contributed by atoms with van der Waals surface area (Å²) in [7, 11) is -3.73. The highest BCUT2D eigenvalue weighted by atomic mass is 32.2. The highest BCUT2D eigenvalue weighted by Crippen LogP contribution is 2.35. The first-order chi connectivity index (χ1) is 19.6. The minimum absolute atomic E-state index is 0.0572. The SMILES string of the molecule is Cc1csc(C2CCCN2C(=O)c2cc(C(=O)NC(Cc3ccccc3)C(O)C3CCCN3)cc(S(C)(=O)=O)c2)n1. The molecule has 2 amide bonds. The van der Waals surface area contributed by atoms with E-state index in [1.165, 1.54) is 29.5 Å². The van der Waals surface area contributed by atoms with Crippen LogP contribution >= 0.6 is 11.3 Å². The Morgan fingerprint density at radius 3 is 2.56 bits per heavy atom. The average Bonchev–Trinajstić information content (AvgIpc) is 3.74. The Balaban J connectivity index is 1.44. The monoisotopic (exact) mass is 596 g/mol. The van der Waals surface area contributed by atoms with Crippen LogP contribution in [0.4, 0.5) is 0 Å². The highest BCUT2D eigenvalue weighted by molar-refractivity contribution is 7.90. The number of hydrogen-bond donors (Lipinski definition) is 3. The molecule has 0 aliphatic carbocycles. The van der Waals surface area contributed by atoms with Gasteiger partial charge in [0.15, 0.2) is 9.84 Å². The largest absolute Gasteiger partial charge is 0.389 e. The zero-order valence-electron chi connectivity index (χ0n) is 23.2. The molecule has 2 aliphatic rings. The van der Waals surface area contributed by atoms with Gasteiger partial charge in [0.25, 0.3) is 11.8 Å². The number of likely N-dealkylation sites (tertiary alicyclic amines) is 1. The summed E-state index contributed by atoms with van der Waals surface area (Å²) < 4.78 is 25.2. The van der Waals surface area contributed by atoms with Crippen LogP contribution in [0.25, 0.3) is 0 Å². The fraction of sp³-hybridized carbons (Fsp3) is 0.433. The van der Waals surface area contributed by atoms with E-state index in [2.05, 4.69) is 15.6 Å². The first-order valence-electron chi connectivity index (χ1n) is 13.9. The third kappa shape index (κ3) is 6.86. The van der Waals surface area contributed by atoms with Gasteiger partial charge in [-0.05, 0) is 69.3 Å². The lowest BCUT2D eigenvalue weighted by Gasteiger charge is -2.29. The molecule has 218 valence electrons. The van der Waals surface area contributed by atoms with Crippen LogP contribution < -0.4 is 10.6 Å². The summed E-state index contributed by atoms with van der Waals surface area (Å²) in [6, 6.07) is 12.7. The normalized spacial score (nSPS) is 20.6. The van der Waals surface area contributed by atoms with Gasteiger partial charge >= 0.3 is 0 Å². The molecule has 3 N–H and O–H groups in total. The number of amides is 2. The fourth-order valence-corrected chi connectivity index (χ4v) is 7.31. The number of sulfone groups is 1. The lowest BCUT2D eigenvalue weighted by Crippen LogP contribution is -2.52. The van der Waals surface area contributed by atoms with Crippen molar-refractivity contribution in [2.45, 2.75) is 68.2 Å². The first-order valence-corrected chi connectivity index (χ1v) is 16.7. The summed E-state index contributed by atoms with van der Waals surface area (Å²) in [5, 5.41) is 20.3. The smallest absolute Gasteiger partial charge is 0.254 e. The van der Waals surface area contributed by atoms with Crippen LogP contribution in [0.15, 0.2) is 58.8 Å². The molecule has 41 heavy (non-hydrogen) atoms. The number of aryl methyl sites for hydroxylation is 1. The summed E-state index contributed by atoms with van der Waals surface area (Å²) in [4.78, 5) is 33.6. The number of nitrogens with one attached hydrogen (secondary N) is 2. The number of hydrogen-bond acceptors (Lipinski definition) is 8. The summed E-state index contributed by atoms with van der Waals surface area (Å²) in [6.45, 7) is 3.23. The number of aliphatic hydroxyl groups excluding tert-OH is 1. The molecule has 4 unspecified atom stereocenters.